The lowest BCUT2D eigenvalue weighted by Crippen LogP contribution is -2.18. The van der Waals surface area contributed by atoms with Gasteiger partial charge in [-0.1, -0.05) is 12.1 Å². The number of hydrogen-bond acceptors (Lipinski definition) is 2. The maximum Gasteiger partial charge on any atom is 0.258 e. The first-order valence-corrected chi connectivity index (χ1v) is 6.89. The summed E-state index contributed by atoms with van der Waals surface area (Å²) in [7, 11) is 1.52. The van der Waals surface area contributed by atoms with E-state index in [1.54, 1.807) is 24.3 Å². The predicted octanol–water partition coefficient (Wildman–Crippen LogP) is 3.20. The molecule has 0 unspecified atom stereocenters. The number of hydrogen-bond donors (Lipinski definition) is 2. The van der Waals surface area contributed by atoms with Crippen molar-refractivity contribution >= 4 is 33.4 Å². The first-order valence-electron chi connectivity index (χ1n) is 6.10. The van der Waals surface area contributed by atoms with Gasteiger partial charge in [0.1, 0.15) is 5.82 Å². The summed E-state index contributed by atoms with van der Waals surface area (Å²) in [6.45, 7) is 0. The number of carbonyl (C=O) groups is 2. The van der Waals surface area contributed by atoms with Gasteiger partial charge in [-0.15, -0.1) is 0 Å². The van der Waals surface area contributed by atoms with E-state index in [2.05, 4.69) is 26.6 Å². The minimum Gasteiger partial charge on any atom is -0.355 e. The molecular formula is C15H12BrFN2O2. The quantitative estimate of drug-likeness (QED) is 0.892. The summed E-state index contributed by atoms with van der Waals surface area (Å²) in [5, 5.41) is 5.06. The lowest BCUT2D eigenvalue weighted by molar-refractivity contribution is 0.0961. The number of rotatable bonds is 3. The highest BCUT2D eigenvalue weighted by atomic mass is 79.9. The molecule has 2 aromatic rings. The van der Waals surface area contributed by atoms with Crippen LogP contribution in [0.25, 0.3) is 0 Å². The summed E-state index contributed by atoms with van der Waals surface area (Å²) in [6.07, 6.45) is 0. The first kappa shape index (κ1) is 15.2. The van der Waals surface area contributed by atoms with Crippen molar-refractivity contribution in [1.29, 1.82) is 0 Å². The van der Waals surface area contributed by atoms with Crippen molar-refractivity contribution in [2.45, 2.75) is 0 Å². The van der Waals surface area contributed by atoms with E-state index in [0.29, 0.717) is 11.3 Å². The molecule has 0 aromatic heterocycles. The van der Waals surface area contributed by atoms with Crippen LogP contribution in [0.4, 0.5) is 10.1 Å². The summed E-state index contributed by atoms with van der Waals surface area (Å²) >= 11 is 3.03. The lowest BCUT2D eigenvalue weighted by Gasteiger charge is -2.08. The second-order valence-electron chi connectivity index (χ2n) is 4.22. The zero-order valence-electron chi connectivity index (χ0n) is 11.1. The van der Waals surface area contributed by atoms with Gasteiger partial charge in [-0.3, -0.25) is 9.59 Å². The van der Waals surface area contributed by atoms with Gasteiger partial charge in [-0.2, -0.15) is 0 Å². The Hall–Kier alpha value is -2.21. The van der Waals surface area contributed by atoms with E-state index in [4.69, 9.17) is 0 Å². The maximum absolute atomic E-state index is 13.8. The Balaban J connectivity index is 2.24. The van der Waals surface area contributed by atoms with Gasteiger partial charge in [0.15, 0.2) is 0 Å². The largest absolute Gasteiger partial charge is 0.355 e. The Morgan fingerprint density at radius 3 is 2.52 bits per heavy atom. The molecular weight excluding hydrogens is 339 g/mol. The van der Waals surface area contributed by atoms with Gasteiger partial charge >= 0.3 is 0 Å². The first-order chi connectivity index (χ1) is 10.0. The third-order valence-corrected chi connectivity index (χ3v) is 3.42. The molecule has 0 saturated carbocycles. The topological polar surface area (TPSA) is 58.2 Å². The highest BCUT2D eigenvalue weighted by Crippen LogP contribution is 2.20. The van der Waals surface area contributed by atoms with Crippen molar-refractivity contribution in [3.05, 3.63) is 63.9 Å². The Labute approximate surface area is 129 Å². The van der Waals surface area contributed by atoms with Crippen LogP contribution in [0, 0.1) is 5.82 Å². The van der Waals surface area contributed by atoms with Crippen LogP contribution in [-0.4, -0.2) is 18.9 Å². The van der Waals surface area contributed by atoms with Crippen molar-refractivity contribution in [3.8, 4) is 0 Å². The molecule has 4 nitrogen and oxygen atoms in total. The molecule has 0 fully saturated rings. The van der Waals surface area contributed by atoms with E-state index in [1.807, 2.05) is 0 Å². The van der Waals surface area contributed by atoms with Crippen molar-refractivity contribution in [3.63, 3.8) is 0 Å². The minimum atomic E-state index is -0.627. The van der Waals surface area contributed by atoms with E-state index >= 15 is 0 Å². The van der Waals surface area contributed by atoms with Crippen molar-refractivity contribution < 1.29 is 14.0 Å². The van der Waals surface area contributed by atoms with Crippen molar-refractivity contribution in [2.24, 2.45) is 0 Å². The van der Waals surface area contributed by atoms with Gasteiger partial charge in [0.25, 0.3) is 11.8 Å². The van der Waals surface area contributed by atoms with Crippen LogP contribution in [0.5, 0.6) is 0 Å². The standard InChI is InChI=1S/C15H12BrFN2O2/c1-18-14(20)9-4-2-5-10(8-9)19-15(21)11-6-3-7-12(16)13(11)17/h2-8H,1H3,(H,18,20)(H,19,21). The van der Waals surface area contributed by atoms with E-state index in [1.165, 1.54) is 25.2 Å². The summed E-state index contributed by atoms with van der Waals surface area (Å²) in [4.78, 5) is 23.6. The summed E-state index contributed by atoms with van der Waals surface area (Å²) in [5.41, 5.74) is 0.750. The maximum atomic E-state index is 13.8. The number of amides is 2. The molecule has 2 amide bonds. The number of carbonyl (C=O) groups excluding carboxylic acids is 2. The van der Waals surface area contributed by atoms with Gasteiger partial charge in [-0.25, -0.2) is 4.39 Å². The molecule has 0 spiro atoms. The number of anilines is 1. The Bertz CT molecular complexity index is 704. The number of benzene rings is 2. The molecule has 2 rings (SSSR count). The van der Waals surface area contributed by atoms with Crippen LogP contribution in [0.1, 0.15) is 20.7 Å². The Kier molecular flexibility index (Phi) is 4.70. The van der Waals surface area contributed by atoms with Crippen LogP contribution in [0.2, 0.25) is 0 Å². The van der Waals surface area contributed by atoms with Crippen LogP contribution in [0.15, 0.2) is 46.9 Å². The van der Waals surface area contributed by atoms with Crippen LogP contribution in [0.3, 0.4) is 0 Å². The molecule has 0 aliphatic rings. The fourth-order valence-electron chi connectivity index (χ4n) is 1.76. The normalized spacial score (nSPS) is 10.0. The molecule has 0 atom stereocenters. The third kappa shape index (κ3) is 3.46. The van der Waals surface area contributed by atoms with Crippen LogP contribution in [-0.2, 0) is 0 Å². The van der Waals surface area contributed by atoms with Crippen LogP contribution >= 0.6 is 15.9 Å². The molecule has 0 bridgehead atoms. The fraction of sp³-hybridized carbons (Fsp3) is 0.0667. The van der Waals surface area contributed by atoms with E-state index in [-0.39, 0.29) is 15.9 Å². The fourth-order valence-corrected chi connectivity index (χ4v) is 2.13. The van der Waals surface area contributed by atoms with Gasteiger partial charge < -0.3 is 10.6 Å². The second-order valence-corrected chi connectivity index (χ2v) is 5.07. The van der Waals surface area contributed by atoms with E-state index in [9.17, 15) is 14.0 Å². The molecule has 108 valence electrons. The zero-order chi connectivity index (χ0) is 15.4. The van der Waals surface area contributed by atoms with Gasteiger partial charge in [0.05, 0.1) is 10.0 Å². The zero-order valence-corrected chi connectivity index (χ0v) is 12.7. The van der Waals surface area contributed by atoms with Gasteiger partial charge in [0.2, 0.25) is 0 Å². The highest BCUT2D eigenvalue weighted by Gasteiger charge is 2.14. The SMILES string of the molecule is CNC(=O)c1cccc(NC(=O)c2cccc(Br)c2F)c1. The molecule has 0 aliphatic heterocycles. The summed E-state index contributed by atoms with van der Waals surface area (Å²) < 4.78 is 14.1. The minimum absolute atomic E-state index is 0.0743. The van der Waals surface area contributed by atoms with Gasteiger partial charge in [-0.05, 0) is 46.3 Å². The van der Waals surface area contributed by atoms with E-state index < -0.39 is 11.7 Å². The molecule has 6 heteroatoms. The summed E-state index contributed by atoms with van der Waals surface area (Å²) in [6, 6.07) is 10.9. The highest BCUT2D eigenvalue weighted by molar-refractivity contribution is 9.10. The summed E-state index contributed by atoms with van der Waals surface area (Å²) in [5.74, 6) is -1.47. The average Bonchev–Trinajstić information content (AvgIpc) is 2.49. The number of nitrogens with one attached hydrogen (secondary N) is 2. The molecule has 21 heavy (non-hydrogen) atoms. The van der Waals surface area contributed by atoms with Crippen molar-refractivity contribution in [2.75, 3.05) is 12.4 Å². The Morgan fingerprint density at radius 2 is 1.81 bits per heavy atom. The molecule has 2 aromatic carbocycles. The molecule has 0 saturated heterocycles. The second kappa shape index (κ2) is 6.49. The monoisotopic (exact) mass is 350 g/mol. The molecule has 2 N–H and O–H groups in total. The van der Waals surface area contributed by atoms with Crippen LogP contribution < -0.4 is 10.6 Å². The van der Waals surface area contributed by atoms with E-state index in [0.717, 1.165) is 0 Å². The smallest absolute Gasteiger partial charge is 0.258 e. The third-order valence-electron chi connectivity index (χ3n) is 2.81. The molecule has 0 heterocycles. The van der Waals surface area contributed by atoms with Gasteiger partial charge in [0, 0.05) is 18.3 Å². The Morgan fingerprint density at radius 1 is 1.10 bits per heavy atom. The predicted molar refractivity (Wildman–Crippen MR) is 81.9 cm³/mol. The van der Waals surface area contributed by atoms with Crippen molar-refractivity contribution in [1.82, 2.24) is 5.32 Å². The molecule has 0 radical (unpaired) electrons. The number of halogens is 2. The molecule has 0 aliphatic carbocycles. The lowest BCUT2D eigenvalue weighted by atomic mass is 10.1. The average molecular weight is 351 g/mol.